The Morgan fingerprint density at radius 3 is 1.82 bits per heavy atom. The fraction of sp³-hybridized carbons (Fsp3) is 0.429. The lowest BCUT2D eigenvalue weighted by Crippen LogP contribution is -2.31. The lowest BCUT2D eigenvalue weighted by molar-refractivity contribution is -0.143. The van der Waals surface area contributed by atoms with Crippen LogP contribution in [0.15, 0.2) is 24.4 Å². The summed E-state index contributed by atoms with van der Waals surface area (Å²) in [5.41, 5.74) is -2.78. The highest BCUT2D eigenvalue weighted by Crippen LogP contribution is 2.36. The third-order valence-electron chi connectivity index (χ3n) is 3.13. The molecule has 1 aliphatic rings. The van der Waals surface area contributed by atoms with Crippen LogP contribution in [-0.4, -0.2) is 31.2 Å². The van der Waals surface area contributed by atoms with Gasteiger partial charge in [0.2, 0.25) is 0 Å². The van der Waals surface area contributed by atoms with E-state index in [4.69, 9.17) is 4.74 Å². The summed E-state index contributed by atoms with van der Waals surface area (Å²) in [6.07, 6.45) is -6.93. The van der Waals surface area contributed by atoms with Gasteiger partial charge in [0.25, 0.3) is 0 Å². The molecule has 2 nitrogen and oxygen atoms in total. The van der Waals surface area contributed by atoms with Crippen LogP contribution in [0.1, 0.15) is 16.7 Å². The monoisotopic (exact) mass is 325 g/mol. The standard InChI is InChI=1S/C14H13F6NO/c15-13(16,17)11-7-10(8-12(9-11)14(18,19)20)1-2-21-3-5-22-6-4-21/h1-2,7-9H,3-6H2/b2-1+. The molecule has 1 aromatic rings. The Kier molecular flexibility index (Phi) is 4.69. The second kappa shape index (κ2) is 6.20. The highest BCUT2D eigenvalue weighted by molar-refractivity contribution is 5.52. The molecular formula is C14H13F6NO. The van der Waals surface area contributed by atoms with Crippen molar-refractivity contribution in [1.29, 1.82) is 0 Å². The molecular weight excluding hydrogens is 312 g/mol. The quantitative estimate of drug-likeness (QED) is 0.761. The maximum absolute atomic E-state index is 12.7. The van der Waals surface area contributed by atoms with Crippen molar-refractivity contribution < 1.29 is 31.1 Å². The topological polar surface area (TPSA) is 12.5 Å². The third kappa shape index (κ3) is 4.40. The summed E-state index contributed by atoms with van der Waals surface area (Å²) in [5, 5.41) is 0. The zero-order chi connectivity index (χ0) is 16.4. The first kappa shape index (κ1) is 16.7. The predicted molar refractivity (Wildman–Crippen MR) is 67.9 cm³/mol. The van der Waals surface area contributed by atoms with Crippen LogP contribution in [-0.2, 0) is 17.1 Å². The lowest BCUT2D eigenvalue weighted by atomic mass is 10.0. The summed E-state index contributed by atoms with van der Waals surface area (Å²) >= 11 is 0. The van der Waals surface area contributed by atoms with Gasteiger partial charge in [0.1, 0.15) is 0 Å². The SMILES string of the molecule is FC(F)(F)c1cc(/C=C/N2CCOCC2)cc(C(F)(F)F)c1. The Morgan fingerprint density at radius 1 is 0.864 bits per heavy atom. The van der Waals surface area contributed by atoms with Crippen molar-refractivity contribution in [3.05, 3.63) is 41.1 Å². The summed E-state index contributed by atoms with van der Waals surface area (Å²) < 4.78 is 81.4. The van der Waals surface area contributed by atoms with E-state index in [2.05, 4.69) is 0 Å². The molecule has 0 saturated carbocycles. The minimum absolute atomic E-state index is 0.117. The summed E-state index contributed by atoms with van der Waals surface area (Å²) in [4.78, 5) is 1.77. The van der Waals surface area contributed by atoms with Crippen molar-refractivity contribution in [2.75, 3.05) is 26.3 Å². The first-order valence-electron chi connectivity index (χ1n) is 6.46. The Morgan fingerprint density at radius 2 is 1.36 bits per heavy atom. The maximum atomic E-state index is 12.7. The fourth-order valence-electron chi connectivity index (χ4n) is 1.99. The number of nitrogens with zero attached hydrogens (tertiary/aromatic N) is 1. The molecule has 122 valence electrons. The number of morpholine rings is 1. The largest absolute Gasteiger partial charge is 0.416 e. The molecule has 0 atom stereocenters. The van der Waals surface area contributed by atoms with Gasteiger partial charge in [-0.15, -0.1) is 0 Å². The van der Waals surface area contributed by atoms with E-state index in [0.29, 0.717) is 38.4 Å². The smallest absolute Gasteiger partial charge is 0.378 e. The molecule has 1 heterocycles. The van der Waals surface area contributed by atoms with Crippen molar-refractivity contribution in [2.24, 2.45) is 0 Å². The molecule has 1 saturated heterocycles. The Bertz CT molecular complexity index is 511. The minimum Gasteiger partial charge on any atom is -0.378 e. The third-order valence-corrected chi connectivity index (χ3v) is 3.13. The molecule has 0 aromatic heterocycles. The Hall–Kier alpha value is -1.70. The number of ether oxygens (including phenoxy) is 1. The zero-order valence-electron chi connectivity index (χ0n) is 11.3. The Balaban J connectivity index is 2.31. The maximum Gasteiger partial charge on any atom is 0.416 e. The molecule has 0 unspecified atom stereocenters. The van der Waals surface area contributed by atoms with E-state index in [9.17, 15) is 26.3 Å². The number of hydrogen-bond acceptors (Lipinski definition) is 2. The summed E-state index contributed by atoms with van der Waals surface area (Å²) in [5.74, 6) is 0. The van der Waals surface area contributed by atoms with Gasteiger partial charge in [-0.1, -0.05) is 0 Å². The van der Waals surface area contributed by atoms with Gasteiger partial charge in [-0.05, 0) is 36.0 Å². The van der Waals surface area contributed by atoms with Crippen LogP contribution in [0.2, 0.25) is 0 Å². The average molecular weight is 325 g/mol. The van der Waals surface area contributed by atoms with Crippen molar-refractivity contribution in [3.8, 4) is 0 Å². The Labute approximate surface area is 123 Å². The van der Waals surface area contributed by atoms with E-state index >= 15 is 0 Å². The molecule has 8 heteroatoms. The highest BCUT2D eigenvalue weighted by atomic mass is 19.4. The van der Waals surface area contributed by atoms with Crippen molar-refractivity contribution in [3.63, 3.8) is 0 Å². The summed E-state index contributed by atoms with van der Waals surface area (Å²) in [7, 11) is 0. The van der Waals surface area contributed by atoms with Crippen LogP contribution in [0.3, 0.4) is 0 Å². The van der Waals surface area contributed by atoms with Crippen LogP contribution >= 0.6 is 0 Å². The van der Waals surface area contributed by atoms with Crippen molar-refractivity contribution >= 4 is 6.08 Å². The van der Waals surface area contributed by atoms with Crippen LogP contribution in [0, 0.1) is 0 Å². The van der Waals surface area contributed by atoms with Crippen LogP contribution in [0.4, 0.5) is 26.3 Å². The summed E-state index contributed by atoms with van der Waals surface area (Å²) in [6.45, 7) is 2.03. The molecule has 1 aromatic carbocycles. The van der Waals surface area contributed by atoms with Gasteiger partial charge in [-0.3, -0.25) is 0 Å². The zero-order valence-corrected chi connectivity index (χ0v) is 11.3. The van der Waals surface area contributed by atoms with E-state index in [1.165, 1.54) is 12.3 Å². The molecule has 0 bridgehead atoms. The molecule has 0 spiro atoms. The number of benzene rings is 1. The number of hydrogen-bond donors (Lipinski definition) is 0. The molecule has 0 radical (unpaired) electrons. The van der Waals surface area contributed by atoms with E-state index in [0.717, 1.165) is 0 Å². The van der Waals surface area contributed by atoms with Crippen LogP contribution in [0.25, 0.3) is 6.08 Å². The van der Waals surface area contributed by atoms with Crippen LogP contribution < -0.4 is 0 Å². The first-order valence-corrected chi connectivity index (χ1v) is 6.46. The molecule has 2 rings (SSSR count). The van der Waals surface area contributed by atoms with Crippen molar-refractivity contribution in [1.82, 2.24) is 4.90 Å². The van der Waals surface area contributed by atoms with Gasteiger partial charge < -0.3 is 9.64 Å². The van der Waals surface area contributed by atoms with E-state index in [1.807, 2.05) is 0 Å². The van der Waals surface area contributed by atoms with Gasteiger partial charge in [0, 0.05) is 13.1 Å². The molecule has 1 aliphatic heterocycles. The molecule has 22 heavy (non-hydrogen) atoms. The minimum atomic E-state index is -4.83. The second-order valence-corrected chi connectivity index (χ2v) is 4.80. The van der Waals surface area contributed by atoms with Gasteiger partial charge in [-0.2, -0.15) is 26.3 Å². The normalized spacial score (nSPS) is 17.3. The predicted octanol–water partition coefficient (Wildman–Crippen LogP) is 4.03. The number of alkyl halides is 6. The average Bonchev–Trinajstić information content (AvgIpc) is 2.44. The number of rotatable bonds is 2. The fourth-order valence-corrected chi connectivity index (χ4v) is 1.99. The molecule has 0 amide bonds. The first-order chi connectivity index (χ1) is 10.2. The molecule has 0 aliphatic carbocycles. The van der Waals surface area contributed by atoms with E-state index in [-0.39, 0.29) is 11.6 Å². The van der Waals surface area contributed by atoms with Gasteiger partial charge in [0.05, 0.1) is 24.3 Å². The van der Waals surface area contributed by atoms with Crippen molar-refractivity contribution in [2.45, 2.75) is 12.4 Å². The summed E-state index contributed by atoms with van der Waals surface area (Å²) in [6, 6.07) is 1.52. The molecule has 1 fully saturated rings. The lowest BCUT2D eigenvalue weighted by Gasteiger charge is -2.25. The van der Waals surface area contributed by atoms with Crippen LogP contribution in [0.5, 0.6) is 0 Å². The van der Waals surface area contributed by atoms with E-state index < -0.39 is 23.5 Å². The second-order valence-electron chi connectivity index (χ2n) is 4.80. The van der Waals surface area contributed by atoms with Gasteiger partial charge in [-0.25, -0.2) is 0 Å². The van der Waals surface area contributed by atoms with Gasteiger partial charge in [0.15, 0.2) is 0 Å². The van der Waals surface area contributed by atoms with Gasteiger partial charge >= 0.3 is 12.4 Å². The highest BCUT2D eigenvalue weighted by Gasteiger charge is 2.36. The molecule has 0 N–H and O–H groups in total. The number of halogens is 6. The van der Waals surface area contributed by atoms with E-state index in [1.54, 1.807) is 4.90 Å².